The molecule has 7 rings (SSSR count). The summed E-state index contributed by atoms with van der Waals surface area (Å²) >= 11 is 0. The molecule has 0 saturated carbocycles. The van der Waals surface area contributed by atoms with Crippen LogP contribution in [0.3, 0.4) is 0 Å². The molecule has 13 unspecified atom stereocenters. The van der Waals surface area contributed by atoms with Crippen LogP contribution in [0.15, 0.2) is 55.1 Å². The van der Waals surface area contributed by atoms with Gasteiger partial charge in [-0.15, -0.1) is 6.58 Å². The maximum atomic E-state index is 13.4. The Morgan fingerprint density at radius 1 is 0.937 bits per heavy atom. The van der Waals surface area contributed by atoms with Crippen molar-refractivity contribution in [2.24, 2.45) is 17.3 Å². The van der Waals surface area contributed by atoms with Crippen LogP contribution < -0.4 is 0 Å². The van der Waals surface area contributed by atoms with Gasteiger partial charge in [0.2, 0.25) is 0 Å². The second kappa shape index (κ2) is 20.8. The van der Waals surface area contributed by atoms with Gasteiger partial charge in [0.1, 0.15) is 24.4 Å². The third-order valence-corrected chi connectivity index (χ3v) is 14.6. The van der Waals surface area contributed by atoms with E-state index in [2.05, 4.69) is 33.9 Å². The van der Waals surface area contributed by atoms with Crippen LogP contribution in [0, 0.1) is 17.3 Å². The molecule has 6 aliphatic rings. The first kappa shape index (κ1) is 48.2. The number of hydrogen-bond donors (Lipinski definition) is 2. The molecular weight excluding hydrogens is 813 g/mol. The quantitative estimate of drug-likeness (QED) is 0.130. The smallest absolute Gasteiger partial charge is 0.338 e. The number of hydrogen-bond acceptors (Lipinski definition) is 14. The van der Waals surface area contributed by atoms with E-state index in [9.17, 15) is 19.8 Å². The lowest BCUT2D eigenvalue weighted by molar-refractivity contribution is -0.276. The summed E-state index contributed by atoms with van der Waals surface area (Å²) in [6, 6.07) is 8.95. The Bertz CT molecular complexity index is 1710. The van der Waals surface area contributed by atoms with Gasteiger partial charge in [-0.1, -0.05) is 51.6 Å². The number of benzene rings is 1. The molecule has 17 atom stereocenters. The van der Waals surface area contributed by atoms with Crippen LogP contribution in [0.5, 0.6) is 0 Å². The zero-order valence-corrected chi connectivity index (χ0v) is 38.1. The number of ether oxygens (including phenoxy) is 10. The summed E-state index contributed by atoms with van der Waals surface area (Å²) in [5, 5.41) is 19.8. The van der Waals surface area contributed by atoms with Crippen LogP contribution >= 0.6 is 0 Å². The number of methoxy groups -OCH3 is 2. The Morgan fingerprint density at radius 2 is 1.71 bits per heavy atom. The molecule has 0 radical (unpaired) electrons. The minimum atomic E-state index is -0.979. The molecule has 6 fully saturated rings. The average molecular weight is 885 g/mol. The molecule has 4 bridgehead atoms. The average Bonchev–Trinajstić information content (AvgIpc) is 3.62. The van der Waals surface area contributed by atoms with Gasteiger partial charge in [-0.05, 0) is 74.5 Å². The number of aliphatic hydroxyl groups is 2. The van der Waals surface area contributed by atoms with E-state index in [4.69, 9.17) is 47.4 Å². The molecule has 14 heteroatoms. The molecular formula is C49H72O14. The summed E-state index contributed by atoms with van der Waals surface area (Å²) in [4.78, 5) is 26.0. The summed E-state index contributed by atoms with van der Waals surface area (Å²) in [6.07, 6.45) is 2.53. The third kappa shape index (κ3) is 10.9. The lowest BCUT2D eigenvalue weighted by Crippen LogP contribution is -2.61. The number of carbonyl (C=O) groups is 2. The molecule has 63 heavy (non-hydrogen) atoms. The zero-order chi connectivity index (χ0) is 45.1. The molecule has 0 aromatic heterocycles. The summed E-state index contributed by atoms with van der Waals surface area (Å²) in [5.74, 6) is -1.89. The van der Waals surface area contributed by atoms with E-state index < -0.39 is 73.3 Å². The fraction of sp³-hybridized carbons (Fsp3) is 0.755. The second-order valence-electron chi connectivity index (χ2n) is 19.5. The van der Waals surface area contributed by atoms with Crippen molar-refractivity contribution in [1.82, 2.24) is 0 Å². The highest BCUT2D eigenvalue weighted by Gasteiger charge is 2.59. The monoisotopic (exact) mass is 884 g/mol. The van der Waals surface area contributed by atoms with Crippen molar-refractivity contribution < 1.29 is 67.2 Å². The normalized spacial score (nSPS) is 40.2. The number of esters is 2. The predicted molar refractivity (Wildman–Crippen MR) is 231 cm³/mol. The molecule has 352 valence electrons. The minimum Gasteiger partial charge on any atom is -0.469 e. The Labute approximate surface area is 373 Å². The van der Waals surface area contributed by atoms with Gasteiger partial charge in [0.15, 0.2) is 11.9 Å². The van der Waals surface area contributed by atoms with Crippen LogP contribution in [0.2, 0.25) is 0 Å². The largest absolute Gasteiger partial charge is 0.469 e. The molecule has 6 saturated heterocycles. The van der Waals surface area contributed by atoms with Crippen LogP contribution in [0.25, 0.3) is 0 Å². The topological polar surface area (TPSA) is 167 Å². The van der Waals surface area contributed by atoms with Crippen molar-refractivity contribution in [3.63, 3.8) is 0 Å². The Balaban J connectivity index is 0.979. The predicted octanol–water partition coefficient (Wildman–Crippen LogP) is 6.03. The van der Waals surface area contributed by atoms with Gasteiger partial charge in [-0.3, -0.25) is 4.79 Å². The maximum absolute atomic E-state index is 13.4. The Kier molecular flexibility index (Phi) is 15.9. The van der Waals surface area contributed by atoms with Crippen LogP contribution in [0.1, 0.15) is 109 Å². The van der Waals surface area contributed by atoms with Gasteiger partial charge in [0, 0.05) is 38.7 Å². The van der Waals surface area contributed by atoms with E-state index in [0.717, 1.165) is 31.3 Å². The summed E-state index contributed by atoms with van der Waals surface area (Å²) in [7, 11) is 2.94. The molecule has 0 aliphatic carbocycles. The van der Waals surface area contributed by atoms with Crippen molar-refractivity contribution in [1.29, 1.82) is 0 Å². The molecule has 6 heterocycles. The van der Waals surface area contributed by atoms with E-state index in [0.29, 0.717) is 44.3 Å². The van der Waals surface area contributed by atoms with Crippen LogP contribution in [-0.4, -0.2) is 141 Å². The Hall–Kier alpha value is -2.76. The second-order valence-corrected chi connectivity index (χ2v) is 19.5. The van der Waals surface area contributed by atoms with Crippen molar-refractivity contribution in [2.45, 2.75) is 190 Å². The standard InChI is InChI=1S/C49H72O14/c1-9-13-36-44(61-47(53)31-14-11-10-12-15-31)46-45-42(60-36)30(4)62-49(63-46,20-21-56-45)19-18-34-26-48(5,6)40(58-34)17-16-33-22-28(2)29(3)37(57-33)25-38-35(24-41(52)54-7)43(55-8)39(59-38)23-32(51)27-50/h9-12,14-15,28,30,32-40,42-46,50-51H,1,3,13,16-27H2,2,4-8H3/t28?,30?,32?,33?,34?,35?,36?,37?,38?,39-,40?,42+,43-,44?,45?,46?,49+/m1/s1. The van der Waals surface area contributed by atoms with Crippen molar-refractivity contribution in [2.75, 3.05) is 27.4 Å². The van der Waals surface area contributed by atoms with Gasteiger partial charge in [-0.25, -0.2) is 4.79 Å². The van der Waals surface area contributed by atoms with Crippen molar-refractivity contribution in [3.8, 4) is 0 Å². The lowest BCUT2D eigenvalue weighted by Gasteiger charge is -2.44. The molecule has 6 aliphatic heterocycles. The maximum Gasteiger partial charge on any atom is 0.338 e. The van der Waals surface area contributed by atoms with Gasteiger partial charge in [0.05, 0.1) is 87.2 Å². The van der Waals surface area contributed by atoms with E-state index in [1.54, 1.807) is 25.3 Å². The lowest BCUT2D eigenvalue weighted by atomic mass is 9.79. The molecule has 1 aromatic carbocycles. The highest BCUT2D eigenvalue weighted by Crippen LogP contribution is 2.48. The molecule has 0 spiro atoms. The third-order valence-electron chi connectivity index (χ3n) is 14.6. The van der Waals surface area contributed by atoms with Gasteiger partial charge in [0.25, 0.3) is 0 Å². The molecule has 2 N–H and O–H groups in total. The van der Waals surface area contributed by atoms with Crippen molar-refractivity contribution in [3.05, 3.63) is 60.7 Å². The number of rotatable bonds is 18. The summed E-state index contributed by atoms with van der Waals surface area (Å²) in [5.41, 5.74) is 1.37. The fourth-order valence-electron chi connectivity index (χ4n) is 11.2. The van der Waals surface area contributed by atoms with E-state index >= 15 is 0 Å². The summed E-state index contributed by atoms with van der Waals surface area (Å²) in [6.45, 7) is 17.2. The molecule has 0 amide bonds. The van der Waals surface area contributed by atoms with Gasteiger partial charge in [-0.2, -0.15) is 0 Å². The zero-order valence-electron chi connectivity index (χ0n) is 38.1. The fourth-order valence-corrected chi connectivity index (χ4v) is 11.2. The minimum absolute atomic E-state index is 0.0112. The number of aliphatic hydroxyl groups excluding tert-OH is 2. The van der Waals surface area contributed by atoms with E-state index in [1.807, 2.05) is 25.1 Å². The highest BCUT2D eigenvalue weighted by molar-refractivity contribution is 5.89. The first-order chi connectivity index (χ1) is 30.2. The van der Waals surface area contributed by atoms with E-state index in [-0.39, 0.29) is 66.6 Å². The Morgan fingerprint density at radius 3 is 2.43 bits per heavy atom. The highest BCUT2D eigenvalue weighted by atomic mass is 16.8. The van der Waals surface area contributed by atoms with E-state index in [1.165, 1.54) is 7.11 Å². The molecule has 1 aromatic rings. The summed E-state index contributed by atoms with van der Waals surface area (Å²) < 4.78 is 64.2. The SMILES string of the molecule is C=CCC1O[C@H]2C(C)O[C@]3(CCC4CC(C)(C)C(CCC5CC(C)C(=C)C(CC6O[C@H](CC(O)CO)[C@H](OC)C6CC(=O)OC)O5)O4)CCOC2C(O3)C1OC(=O)c1ccccc1. The van der Waals surface area contributed by atoms with Gasteiger partial charge >= 0.3 is 11.9 Å². The van der Waals surface area contributed by atoms with Gasteiger partial charge < -0.3 is 57.6 Å². The van der Waals surface area contributed by atoms with Crippen molar-refractivity contribution >= 4 is 11.9 Å². The van der Waals surface area contributed by atoms with Crippen LogP contribution in [0.4, 0.5) is 0 Å². The first-order valence-corrected chi connectivity index (χ1v) is 23.2. The number of carbonyl (C=O) groups excluding carboxylic acids is 2. The first-order valence-electron chi connectivity index (χ1n) is 23.2. The molecule has 14 nitrogen and oxygen atoms in total. The van der Waals surface area contributed by atoms with Crippen LogP contribution in [-0.2, 0) is 52.2 Å². The number of fused-ring (bicyclic) bond motifs is 1.